The summed E-state index contributed by atoms with van der Waals surface area (Å²) in [6.07, 6.45) is 2.31. The van der Waals surface area contributed by atoms with Gasteiger partial charge in [-0.3, -0.25) is 0 Å². The molecule has 2 atom stereocenters. The highest BCUT2D eigenvalue weighted by atomic mass is 32.1. The molecule has 1 aliphatic carbocycles. The van der Waals surface area contributed by atoms with Gasteiger partial charge in [-0.25, -0.2) is 0 Å². The van der Waals surface area contributed by atoms with E-state index in [2.05, 4.69) is 24.5 Å². The van der Waals surface area contributed by atoms with Crippen LogP contribution in [0.3, 0.4) is 0 Å². The molecular weight excluding hydrogens is 236 g/mol. The van der Waals surface area contributed by atoms with E-state index in [1.807, 2.05) is 0 Å². The Balaban J connectivity index is 2.20. The molecule has 2 N–H and O–H groups in total. The third-order valence-electron chi connectivity index (χ3n) is 3.58. The molecule has 1 saturated carbocycles. The number of rotatable bonds is 6. The molecule has 0 amide bonds. The highest BCUT2D eigenvalue weighted by Gasteiger charge is 2.48. The molecule has 0 heterocycles. The Bertz CT molecular complexity index is 259. The van der Waals surface area contributed by atoms with E-state index in [0.29, 0.717) is 12.1 Å². The molecule has 1 fully saturated rings. The molecule has 100 valence electrons. The van der Waals surface area contributed by atoms with E-state index in [1.54, 1.807) is 14.2 Å². The Labute approximate surface area is 109 Å². The lowest BCUT2D eigenvalue weighted by atomic mass is 9.64. The minimum atomic E-state index is 0.146. The van der Waals surface area contributed by atoms with Gasteiger partial charge in [-0.2, -0.15) is 0 Å². The minimum absolute atomic E-state index is 0.146. The first-order valence-corrected chi connectivity index (χ1v) is 6.49. The second-order valence-corrected chi connectivity index (χ2v) is 5.49. The number of ether oxygens (including phenoxy) is 2. The van der Waals surface area contributed by atoms with E-state index >= 15 is 0 Å². The van der Waals surface area contributed by atoms with Crippen molar-refractivity contribution in [1.29, 1.82) is 0 Å². The summed E-state index contributed by atoms with van der Waals surface area (Å²) >= 11 is 5.25. The monoisotopic (exact) mass is 260 g/mol. The zero-order chi connectivity index (χ0) is 12.9. The Morgan fingerprint density at radius 3 is 2.65 bits per heavy atom. The van der Waals surface area contributed by atoms with Crippen LogP contribution in [0.4, 0.5) is 0 Å². The summed E-state index contributed by atoms with van der Waals surface area (Å²) in [6, 6.07) is 0.398. The molecule has 2 unspecified atom stereocenters. The van der Waals surface area contributed by atoms with Crippen LogP contribution in [-0.2, 0) is 9.47 Å². The smallest absolute Gasteiger partial charge is 0.166 e. The van der Waals surface area contributed by atoms with Gasteiger partial charge in [0, 0.05) is 38.8 Å². The molecule has 0 bridgehead atoms. The summed E-state index contributed by atoms with van der Waals surface area (Å²) in [5.41, 5.74) is 0.146. The quantitative estimate of drug-likeness (QED) is 0.557. The largest absolute Gasteiger partial charge is 0.385 e. The Hall–Kier alpha value is -0.390. The lowest BCUT2D eigenvalue weighted by Gasteiger charge is -2.51. The number of methoxy groups -OCH3 is 2. The molecule has 0 aromatic heterocycles. The first kappa shape index (κ1) is 14.7. The zero-order valence-electron chi connectivity index (χ0n) is 11.2. The summed E-state index contributed by atoms with van der Waals surface area (Å²) in [7, 11) is 3.47. The third kappa shape index (κ3) is 3.79. The number of thiocarbonyl (C=S) groups is 1. The molecule has 0 aromatic rings. The maximum atomic E-state index is 5.41. The molecule has 1 rings (SSSR count). The van der Waals surface area contributed by atoms with Crippen LogP contribution < -0.4 is 10.6 Å². The van der Waals surface area contributed by atoms with Gasteiger partial charge < -0.3 is 20.1 Å². The molecule has 0 saturated heterocycles. The van der Waals surface area contributed by atoms with Crippen molar-refractivity contribution in [3.05, 3.63) is 0 Å². The molecule has 0 spiro atoms. The van der Waals surface area contributed by atoms with E-state index in [9.17, 15) is 0 Å². The molecule has 5 heteroatoms. The fourth-order valence-corrected chi connectivity index (χ4v) is 2.40. The van der Waals surface area contributed by atoms with Crippen molar-refractivity contribution in [2.45, 2.75) is 38.8 Å². The number of nitrogens with one attached hydrogen (secondary N) is 2. The van der Waals surface area contributed by atoms with E-state index in [0.717, 1.165) is 31.1 Å². The molecule has 0 aromatic carbocycles. The summed E-state index contributed by atoms with van der Waals surface area (Å²) in [4.78, 5) is 0. The van der Waals surface area contributed by atoms with Crippen LogP contribution in [-0.4, -0.2) is 44.6 Å². The Kier molecular flexibility index (Phi) is 5.62. The lowest BCUT2D eigenvalue weighted by molar-refractivity contribution is -0.0920. The first-order chi connectivity index (χ1) is 8.02. The Morgan fingerprint density at radius 2 is 2.12 bits per heavy atom. The van der Waals surface area contributed by atoms with Crippen LogP contribution in [0.15, 0.2) is 0 Å². The molecule has 1 aliphatic rings. The predicted molar refractivity (Wildman–Crippen MR) is 73.2 cm³/mol. The molecule has 0 aliphatic heterocycles. The number of hydrogen-bond acceptors (Lipinski definition) is 3. The molecule has 17 heavy (non-hydrogen) atoms. The third-order valence-corrected chi connectivity index (χ3v) is 3.84. The Morgan fingerprint density at radius 1 is 1.41 bits per heavy atom. The number of hydrogen-bond donors (Lipinski definition) is 2. The summed E-state index contributed by atoms with van der Waals surface area (Å²) < 4.78 is 10.4. The van der Waals surface area contributed by atoms with Crippen molar-refractivity contribution in [3.8, 4) is 0 Å². The van der Waals surface area contributed by atoms with Gasteiger partial charge >= 0.3 is 0 Å². The van der Waals surface area contributed by atoms with E-state index in [1.165, 1.54) is 0 Å². The lowest BCUT2D eigenvalue weighted by Crippen LogP contribution is -2.63. The fourth-order valence-electron chi connectivity index (χ4n) is 2.16. The average Bonchev–Trinajstić information content (AvgIpc) is 2.29. The molecule has 0 radical (unpaired) electrons. The van der Waals surface area contributed by atoms with Crippen molar-refractivity contribution in [2.75, 3.05) is 27.4 Å². The van der Waals surface area contributed by atoms with Crippen molar-refractivity contribution < 1.29 is 9.47 Å². The predicted octanol–water partition coefficient (Wildman–Crippen LogP) is 1.30. The summed E-state index contributed by atoms with van der Waals surface area (Å²) in [5, 5.41) is 7.26. The SMILES string of the molecule is COCCCNC(=S)NC1CC(OC)C1(C)C. The highest BCUT2D eigenvalue weighted by molar-refractivity contribution is 7.80. The van der Waals surface area contributed by atoms with Gasteiger partial charge in [0.25, 0.3) is 0 Å². The van der Waals surface area contributed by atoms with Gasteiger partial charge in [-0.15, -0.1) is 0 Å². The van der Waals surface area contributed by atoms with Crippen molar-refractivity contribution in [3.63, 3.8) is 0 Å². The first-order valence-electron chi connectivity index (χ1n) is 6.08. The summed E-state index contributed by atoms with van der Waals surface area (Å²) in [5.74, 6) is 0. The zero-order valence-corrected chi connectivity index (χ0v) is 12.0. The second-order valence-electron chi connectivity index (χ2n) is 5.08. The van der Waals surface area contributed by atoms with E-state index < -0.39 is 0 Å². The topological polar surface area (TPSA) is 42.5 Å². The van der Waals surface area contributed by atoms with Crippen molar-refractivity contribution >= 4 is 17.3 Å². The van der Waals surface area contributed by atoms with Crippen LogP contribution in [0.25, 0.3) is 0 Å². The van der Waals surface area contributed by atoms with Crippen molar-refractivity contribution in [1.82, 2.24) is 10.6 Å². The van der Waals surface area contributed by atoms with Crippen LogP contribution in [0.2, 0.25) is 0 Å². The van der Waals surface area contributed by atoms with Gasteiger partial charge in [-0.1, -0.05) is 13.8 Å². The maximum absolute atomic E-state index is 5.41. The fraction of sp³-hybridized carbons (Fsp3) is 0.917. The van der Waals surface area contributed by atoms with Gasteiger partial charge in [0.15, 0.2) is 5.11 Å². The van der Waals surface area contributed by atoms with Crippen LogP contribution in [0.5, 0.6) is 0 Å². The van der Waals surface area contributed by atoms with Gasteiger partial charge in [0.05, 0.1) is 6.10 Å². The minimum Gasteiger partial charge on any atom is -0.385 e. The van der Waals surface area contributed by atoms with Gasteiger partial charge in [-0.05, 0) is 25.1 Å². The normalized spacial score (nSPS) is 26.1. The average molecular weight is 260 g/mol. The van der Waals surface area contributed by atoms with Crippen LogP contribution in [0.1, 0.15) is 26.7 Å². The van der Waals surface area contributed by atoms with E-state index in [4.69, 9.17) is 21.7 Å². The second kappa shape index (κ2) is 6.52. The molecule has 4 nitrogen and oxygen atoms in total. The van der Waals surface area contributed by atoms with Crippen molar-refractivity contribution in [2.24, 2.45) is 5.41 Å². The van der Waals surface area contributed by atoms with Gasteiger partial charge in [0.2, 0.25) is 0 Å². The van der Waals surface area contributed by atoms with Crippen LogP contribution >= 0.6 is 12.2 Å². The molecular formula is C12H24N2O2S. The standard InChI is InChI=1S/C12H24N2O2S/c1-12(2)9(8-10(12)16-4)14-11(17)13-6-5-7-15-3/h9-10H,5-8H2,1-4H3,(H2,13,14,17). The summed E-state index contributed by atoms with van der Waals surface area (Å²) in [6.45, 7) is 6.02. The van der Waals surface area contributed by atoms with Gasteiger partial charge in [0.1, 0.15) is 0 Å². The van der Waals surface area contributed by atoms with Crippen LogP contribution in [0, 0.1) is 5.41 Å². The maximum Gasteiger partial charge on any atom is 0.166 e. The van der Waals surface area contributed by atoms with E-state index in [-0.39, 0.29) is 5.41 Å². The highest BCUT2D eigenvalue weighted by Crippen LogP contribution is 2.42.